The molecule has 1 heterocycles. The molecule has 4 rings (SSSR count). The second-order valence-electron chi connectivity index (χ2n) is 8.09. The van der Waals surface area contributed by atoms with Crippen molar-refractivity contribution < 1.29 is 23.9 Å². The van der Waals surface area contributed by atoms with Gasteiger partial charge in [-0.05, 0) is 60.3 Å². The Morgan fingerprint density at radius 2 is 1.86 bits per heavy atom. The number of thioether (sulfide) groups is 1. The van der Waals surface area contributed by atoms with Crippen molar-refractivity contribution in [2.45, 2.75) is 26.4 Å². The van der Waals surface area contributed by atoms with E-state index in [1.165, 1.54) is 0 Å². The highest BCUT2D eigenvalue weighted by molar-refractivity contribution is 8.18. The Hall–Kier alpha value is -3.78. The Balaban J connectivity index is 1.47. The molecule has 0 aliphatic carbocycles. The lowest BCUT2D eigenvalue weighted by molar-refractivity contribution is -0.127. The van der Waals surface area contributed by atoms with E-state index in [9.17, 15) is 14.4 Å². The first-order valence-corrected chi connectivity index (χ1v) is 12.1. The molecule has 35 heavy (non-hydrogen) atoms. The third kappa shape index (κ3) is 5.49. The summed E-state index contributed by atoms with van der Waals surface area (Å²) in [6.45, 7) is 3.64. The molecule has 0 unspecified atom stereocenters. The maximum absolute atomic E-state index is 12.9. The van der Waals surface area contributed by atoms with Crippen LogP contribution in [0.15, 0.2) is 65.6 Å². The molecular formula is C27H26N2O5S. The minimum Gasteiger partial charge on any atom is -0.493 e. The summed E-state index contributed by atoms with van der Waals surface area (Å²) in [4.78, 5) is 39.3. The average molecular weight is 491 g/mol. The molecule has 1 fully saturated rings. The van der Waals surface area contributed by atoms with Gasteiger partial charge in [-0.25, -0.2) is 0 Å². The standard InChI is InChI=1S/C27H26N2O5S/c1-4-17(2)34-22-13-12-18(14-23(22)33-3)15-24-26(31)29(27(32)35-24)16-25(30)28-21-11-7-9-19-8-5-6-10-20(19)21/h5-15,17H,4,16H2,1-3H3,(H,28,30)/b24-15-/t17-/m1/s1. The number of nitrogens with one attached hydrogen (secondary N) is 1. The fraction of sp³-hybridized carbons (Fsp3) is 0.222. The normalized spacial score (nSPS) is 15.5. The van der Waals surface area contributed by atoms with Gasteiger partial charge in [-0.1, -0.05) is 49.4 Å². The monoisotopic (exact) mass is 490 g/mol. The Labute approximate surface area is 208 Å². The number of nitrogens with zero attached hydrogens (tertiary/aromatic N) is 1. The SMILES string of the molecule is CC[C@@H](C)Oc1ccc(/C=C2\SC(=O)N(CC(=O)Nc3cccc4ccccc34)C2=O)cc1OC. The lowest BCUT2D eigenvalue weighted by Crippen LogP contribution is -2.36. The molecule has 1 atom stereocenters. The molecule has 0 radical (unpaired) electrons. The maximum atomic E-state index is 12.9. The highest BCUT2D eigenvalue weighted by atomic mass is 32.2. The van der Waals surface area contributed by atoms with Gasteiger partial charge in [-0.3, -0.25) is 19.3 Å². The predicted octanol–water partition coefficient (Wildman–Crippen LogP) is 5.70. The van der Waals surface area contributed by atoms with E-state index in [0.29, 0.717) is 22.7 Å². The van der Waals surface area contributed by atoms with Crippen molar-refractivity contribution in [1.82, 2.24) is 4.90 Å². The molecule has 3 aromatic carbocycles. The van der Waals surface area contributed by atoms with Gasteiger partial charge in [0.25, 0.3) is 11.1 Å². The number of hydrogen-bond acceptors (Lipinski definition) is 6. The number of anilines is 1. The molecule has 3 amide bonds. The lowest BCUT2D eigenvalue weighted by Gasteiger charge is -2.15. The van der Waals surface area contributed by atoms with Crippen LogP contribution in [0.2, 0.25) is 0 Å². The number of carbonyl (C=O) groups excluding carboxylic acids is 3. The summed E-state index contributed by atoms with van der Waals surface area (Å²) in [5.74, 6) is 0.190. The summed E-state index contributed by atoms with van der Waals surface area (Å²) in [5, 5.41) is 4.19. The lowest BCUT2D eigenvalue weighted by atomic mass is 10.1. The number of benzene rings is 3. The molecule has 1 aliphatic rings. The van der Waals surface area contributed by atoms with Gasteiger partial charge in [-0.2, -0.15) is 0 Å². The largest absolute Gasteiger partial charge is 0.493 e. The van der Waals surface area contributed by atoms with E-state index in [2.05, 4.69) is 5.32 Å². The third-order valence-electron chi connectivity index (χ3n) is 5.63. The van der Waals surface area contributed by atoms with E-state index in [4.69, 9.17) is 9.47 Å². The average Bonchev–Trinajstić information content (AvgIpc) is 3.12. The summed E-state index contributed by atoms with van der Waals surface area (Å²) in [5.41, 5.74) is 1.31. The van der Waals surface area contributed by atoms with Crippen LogP contribution in [0.1, 0.15) is 25.8 Å². The van der Waals surface area contributed by atoms with Crippen molar-refractivity contribution >= 4 is 51.4 Å². The molecule has 8 heteroatoms. The van der Waals surface area contributed by atoms with Gasteiger partial charge in [0.2, 0.25) is 5.91 Å². The highest BCUT2D eigenvalue weighted by Crippen LogP contribution is 2.35. The van der Waals surface area contributed by atoms with Gasteiger partial charge in [0.1, 0.15) is 6.54 Å². The molecule has 1 saturated heterocycles. The van der Waals surface area contributed by atoms with Crippen LogP contribution >= 0.6 is 11.8 Å². The number of rotatable bonds is 8. The molecule has 3 aromatic rings. The minimum absolute atomic E-state index is 0.0336. The Kier molecular flexibility index (Phi) is 7.41. The fourth-order valence-corrected chi connectivity index (χ4v) is 4.47. The van der Waals surface area contributed by atoms with Crippen LogP contribution in [0.4, 0.5) is 10.5 Å². The molecular weight excluding hydrogens is 464 g/mol. The molecule has 0 aromatic heterocycles. The summed E-state index contributed by atoms with van der Waals surface area (Å²) >= 11 is 0.806. The summed E-state index contributed by atoms with van der Waals surface area (Å²) in [6.07, 6.45) is 2.50. The fourth-order valence-electron chi connectivity index (χ4n) is 3.63. The number of amides is 3. The van der Waals surface area contributed by atoms with Gasteiger partial charge in [0.15, 0.2) is 11.5 Å². The zero-order valence-electron chi connectivity index (χ0n) is 19.7. The Bertz CT molecular complexity index is 1310. The van der Waals surface area contributed by atoms with Gasteiger partial charge in [0.05, 0.1) is 18.1 Å². The first-order valence-electron chi connectivity index (χ1n) is 11.3. The van der Waals surface area contributed by atoms with Crippen LogP contribution in [0, 0.1) is 0 Å². The zero-order chi connectivity index (χ0) is 24.9. The van der Waals surface area contributed by atoms with Gasteiger partial charge in [0, 0.05) is 11.1 Å². The topological polar surface area (TPSA) is 84.9 Å². The highest BCUT2D eigenvalue weighted by Gasteiger charge is 2.36. The number of methoxy groups -OCH3 is 1. The summed E-state index contributed by atoms with van der Waals surface area (Å²) < 4.78 is 11.3. The van der Waals surface area contributed by atoms with Gasteiger partial charge < -0.3 is 14.8 Å². The van der Waals surface area contributed by atoms with Gasteiger partial charge >= 0.3 is 0 Å². The van der Waals surface area contributed by atoms with Crippen molar-refractivity contribution in [3.8, 4) is 11.5 Å². The summed E-state index contributed by atoms with van der Waals surface area (Å²) in [6, 6.07) is 18.6. The Morgan fingerprint density at radius 1 is 1.09 bits per heavy atom. The van der Waals surface area contributed by atoms with Crippen molar-refractivity contribution in [2.75, 3.05) is 19.0 Å². The van der Waals surface area contributed by atoms with E-state index in [0.717, 1.165) is 33.9 Å². The number of carbonyl (C=O) groups is 3. The Morgan fingerprint density at radius 3 is 2.63 bits per heavy atom. The van der Waals surface area contributed by atoms with Crippen LogP contribution in [0.5, 0.6) is 11.5 Å². The van der Waals surface area contributed by atoms with Crippen molar-refractivity contribution in [1.29, 1.82) is 0 Å². The van der Waals surface area contributed by atoms with Crippen molar-refractivity contribution in [3.05, 3.63) is 71.1 Å². The van der Waals surface area contributed by atoms with E-state index in [-0.39, 0.29) is 17.6 Å². The zero-order valence-corrected chi connectivity index (χ0v) is 20.6. The number of hydrogen-bond donors (Lipinski definition) is 1. The second kappa shape index (κ2) is 10.7. The van der Waals surface area contributed by atoms with E-state index in [1.807, 2.05) is 50.2 Å². The van der Waals surface area contributed by atoms with Crippen molar-refractivity contribution in [3.63, 3.8) is 0 Å². The number of fused-ring (bicyclic) bond motifs is 1. The van der Waals surface area contributed by atoms with E-state index < -0.39 is 17.1 Å². The minimum atomic E-state index is -0.507. The number of imide groups is 1. The molecule has 1 N–H and O–H groups in total. The smallest absolute Gasteiger partial charge is 0.294 e. The first-order chi connectivity index (χ1) is 16.9. The molecule has 1 aliphatic heterocycles. The molecule has 0 bridgehead atoms. The van der Waals surface area contributed by atoms with Crippen LogP contribution in [-0.4, -0.2) is 41.7 Å². The van der Waals surface area contributed by atoms with Crippen LogP contribution in [0.25, 0.3) is 16.8 Å². The second-order valence-corrected chi connectivity index (χ2v) is 9.08. The molecule has 0 saturated carbocycles. The summed E-state index contributed by atoms with van der Waals surface area (Å²) in [7, 11) is 1.55. The van der Waals surface area contributed by atoms with Crippen LogP contribution in [0.3, 0.4) is 0 Å². The van der Waals surface area contributed by atoms with E-state index >= 15 is 0 Å². The van der Waals surface area contributed by atoms with E-state index in [1.54, 1.807) is 37.5 Å². The third-order valence-corrected chi connectivity index (χ3v) is 6.53. The van der Waals surface area contributed by atoms with Crippen molar-refractivity contribution in [2.24, 2.45) is 0 Å². The predicted molar refractivity (Wildman–Crippen MR) is 139 cm³/mol. The number of ether oxygens (including phenoxy) is 2. The molecule has 7 nitrogen and oxygen atoms in total. The molecule has 180 valence electrons. The maximum Gasteiger partial charge on any atom is 0.294 e. The molecule has 0 spiro atoms. The van der Waals surface area contributed by atoms with Crippen LogP contribution < -0.4 is 14.8 Å². The quantitative estimate of drug-likeness (QED) is 0.408. The van der Waals surface area contributed by atoms with Crippen LogP contribution in [-0.2, 0) is 9.59 Å². The van der Waals surface area contributed by atoms with Gasteiger partial charge in [-0.15, -0.1) is 0 Å². The first kappa shape index (κ1) is 24.3.